The molecule has 1 rings (SSSR count). The van der Waals surface area contributed by atoms with Gasteiger partial charge in [0.05, 0.1) is 6.42 Å². The molecule has 1 N–H and O–H groups in total. The number of hydrogen-bond donors (Lipinski definition) is 1. The Bertz CT molecular complexity index is 383. The third-order valence-corrected chi connectivity index (χ3v) is 2.82. The van der Waals surface area contributed by atoms with Crippen molar-refractivity contribution in [2.75, 3.05) is 0 Å². The van der Waals surface area contributed by atoms with Crippen LogP contribution >= 0.6 is 15.9 Å². The molecule has 0 aliphatic heterocycles. The first-order chi connectivity index (χ1) is 7.15. The largest absolute Gasteiger partial charge is 0.481 e. The number of carbonyl (C=O) groups is 1. The predicted molar refractivity (Wildman–Crippen MR) is 64.7 cm³/mol. The van der Waals surface area contributed by atoms with Crippen molar-refractivity contribution < 1.29 is 9.90 Å². The van der Waals surface area contributed by atoms with Gasteiger partial charge in [-0.3, -0.25) is 4.79 Å². The van der Waals surface area contributed by atoms with E-state index in [9.17, 15) is 4.79 Å². The van der Waals surface area contributed by atoms with Crippen molar-refractivity contribution in [2.45, 2.75) is 19.8 Å². The van der Waals surface area contributed by atoms with Crippen molar-refractivity contribution in [3.8, 4) is 0 Å². The molecule has 1 aromatic rings. The van der Waals surface area contributed by atoms with E-state index in [2.05, 4.69) is 15.9 Å². The van der Waals surface area contributed by atoms with Gasteiger partial charge in [-0.1, -0.05) is 47.1 Å². The van der Waals surface area contributed by atoms with E-state index >= 15 is 0 Å². The van der Waals surface area contributed by atoms with Gasteiger partial charge >= 0.3 is 5.97 Å². The molecule has 0 spiro atoms. The van der Waals surface area contributed by atoms with Crippen molar-refractivity contribution in [1.29, 1.82) is 0 Å². The third-order valence-electron chi connectivity index (χ3n) is 2.12. The Morgan fingerprint density at radius 2 is 2.13 bits per heavy atom. The molecule has 0 unspecified atom stereocenters. The molecule has 0 aliphatic carbocycles. The molecular weight excluding hydrogens is 256 g/mol. The molecule has 0 bridgehead atoms. The minimum absolute atomic E-state index is 0.0739. The van der Waals surface area contributed by atoms with Crippen LogP contribution in [0, 0.1) is 0 Å². The summed E-state index contributed by atoms with van der Waals surface area (Å²) in [4.78, 5) is 10.5. The van der Waals surface area contributed by atoms with Crippen LogP contribution < -0.4 is 0 Å². The average molecular weight is 269 g/mol. The van der Waals surface area contributed by atoms with Gasteiger partial charge in [-0.25, -0.2) is 0 Å². The lowest BCUT2D eigenvalue weighted by Crippen LogP contribution is -1.92. The van der Waals surface area contributed by atoms with E-state index in [-0.39, 0.29) is 6.42 Å². The topological polar surface area (TPSA) is 37.3 Å². The fourth-order valence-electron chi connectivity index (χ4n) is 1.38. The third kappa shape index (κ3) is 3.51. The maximum absolute atomic E-state index is 10.5. The summed E-state index contributed by atoms with van der Waals surface area (Å²) < 4.78 is 1.00. The minimum atomic E-state index is -0.798. The molecule has 0 heterocycles. The van der Waals surface area contributed by atoms with E-state index in [1.807, 2.05) is 31.2 Å². The highest BCUT2D eigenvalue weighted by Crippen LogP contribution is 2.26. The highest BCUT2D eigenvalue weighted by atomic mass is 79.9. The number of carboxylic acid groups (broad SMARTS) is 1. The van der Waals surface area contributed by atoms with Crippen LogP contribution in [0.15, 0.2) is 34.8 Å². The van der Waals surface area contributed by atoms with Crippen molar-refractivity contribution >= 4 is 27.5 Å². The van der Waals surface area contributed by atoms with Gasteiger partial charge in [0.15, 0.2) is 0 Å². The van der Waals surface area contributed by atoms with Crippen LogP contribution in [-0.2, 0) is 4.79 Å². The molecule has 0 aliphatic rings. The van der Waals surface area contributed by atoms with Crippen LogP contribution in [0.2, 0.25) is 0 Å². The molecule has 3 heteroatoms. The Kier molecular flexibility index (Phi) is 4.56. The predicted octanol–water partition coefficient (Wildman–Crippen LogP) is 3.72. The zero-order valence-electron chi connectivity index (χ0n) is 8.53. The molecule has 1 aromatic carbocycles. The Balaban J connectivity index is 2.97. The van der Waals surface area contributed by atoms with Gasteiger partial charge in [0.25, 0.3) is 0 Å². The highest BCUT2D eigenvalue weighted by Gasteiger charge is 2.04. The maximum atomic E-state index is 10.5. The van der Waals surface area contributed by atoms with Gasteiger partial charge in [-0.05, 0) is 23.6 Å². The maximum Gasteiger partial charge on any atom is 0.307 e. The molecule has 0 saturated heterocycles. The first kappa shape index (κ1) is 12.0. The molecule has 0 saturated carbocycles. The quantitative estimate of drug-likeness (QED) is 0.904. The lowest BCUT2D eigenvalue weighted by atomic mass is 10.0. The summed E-state index contributed by atoms with van der Waals surface area (Å²) in [5.41, 5.74) is 2.13. The molecule has 0 atom stereocenters. The molecule has 0 amide bonds. The summed E-state index contributed by atoms with van der Waals surface area (Å²) in [7, 11) is 0. The van der Waals surface area contributed by atoms with Gasteiger partial charge in [-0.15, -0.1) is 0 Å². The second kappa shape index (κ2) is 5.71. The van der Waals surface area contributed by atoms with Crippen LogP contribution in [0.1, 0.15) is 25.3 Å². The van der Waals surface area contributed by atoms with Crippen molar-refractivity contribution in [3.05, 3.63) is 40.4 Å². The highest BCUT2D eigenvalue weighted by molar-refractivity contribution is 9.10. The number of benzene rings is 1. The van der Waals surface area contributed by atoms with E-state index < -0.39 is 5.97 Å². The number of carboxylic acids is 1. The summed E-state index contributed by atoms with van der Waals surface area (Å²) in [5, 5.41) is 8.62. The Hall–Kier alpha value is -1.09. The summed E-state index contributed by atoms with van der Waals surface area (Å²) in [6.07, 6.45) is 2.67. The minimum Gasteiger partial charge on any atom is -0.481 e. The van der Waals surface area contributed by atoms with E-state index in [0.29, 0.717) is 0 Å². The first-order valence-electron chi connectivity index (χ1n) is 4.81. The number of aliphatic carboxylic acids is 1. The smallest absolute Gasteiger partial charge is 0.307 e. The molecule has 2 nitrogen and oxygen atoms in total. The summed E-state index contributed by atoms with van der Waals surface area (Å²) in [6.45, 7) is 2.02. The Labute approximate surface area is 97.8 Å². The zero-order chi connectivity index (χ0) is 11.3. The van der Waals surface area contributed by atoms with Gasteiger partial charge in [0.2, 0.25) is 0 Å². The fourth-order valence-corrected chi connectivity index (χ4v) is 1.92. The van der Waals surface area contributed by atoms with Gasteiger partial charge in [-0.2, -0.15) is 0 Å². The van der Waals surface area contributed by atoms with Crippen LogP contribution in [0.3, 0.4) is 0 Å². The van der Waals surface area contributed by atoms with Crippen LogP contribution in [0.4, 0.5) is 0 Å². The van der Waals surface area contributed by atoms with Crippen LogP contribution in [-0.4, -0.2) is 11.1 Å². The van der Waals surface area contributed by atoms with E-state index in [1.165, 1.54) is 0 Å². The average Bonchev–Trinajstić information content (AvgIpc) is 2.21. The van der Waals surface area contributed by atoms with Crippen LogP contribution in [0.25, 0.3) is 5.57 Å². The van der Waals surface area contributed by atoms with Gasteiger partial charge < -0.3 is 5.11 Å². The zero-order valence-corrected chi connectivity index (χ0v) is 10.1. The SMILES string of the molecule is CC/C(=C\CC(=O)O)c1ccccc1Br. The molecule has 0 fully saturated rings. The summed E-state index contributed by atoms with van der Waals surface area (Å²) in [6, 6.07) is 7.84. The summed E-state index contributed by atoms with van der Waals surface area (Å²) >= 11 is 3.46. The normalized spacial score (nSPS) is 11.5. The van der Waals surface area contributed by atoms with Crippen molar-refractivity contribution in [1.82, 2.24) is 0 Å². The number of halogens is 1. The first-order valence-corrected chi connectivity index (χ1v) is 5.60. The van der Waals surface area contributed by atoms with Gasteiger partial charge in [0, 0.05) is 4.47 Å². The Morgan fingerprint density at radius 3 is 2.67 bits per heavy atom. The van der Waals surface area contributed by atoms with E-state index in [0.717, 1.165) is 22.0 Å². The second-order valence-electron chi connectivity index (χ2n) is 3.16. The van der Waals surface area contributed by atoms with Crippen molar-refractivity contribution in [2.24, 2.45) is 0 Å². The van der Waals surface area contributed by atoms with E-state index in [1.54, 1.807) is 6.08 Å². The molecule has 80 valence electrons. The molecular formula is C12H13BrO2. The number of rotatable bonds is 4. The Morgan fingerprint density at radius 1 is 1.47 bits per heavy atom. The molecule has 0 radical (unpaired) electrons. The van der Waals surface area contributed by atoms with Crippen molar-refractivity contribution in [3.63, 3.8) is 0 Å². The lowest BCUT2D eigenvalue weighted by Gasteiger charge is -2.06. The number of allylic oxidation sites excluding steroid dienone is 1. The molecule has 15 heavy (non-hydrogen) atoms. The second-order valence-corrected chi connectivity index (χ2v) is 4.01. The summed E-state index contributed by atoms with van der Waals surface area (Å²) in [5.74, 6) is -0.798. The lowest BCUT2D eigenvalue weighted by molar-refractivity contribution is -0.135. The van der Waals surface area contributed by atoms with Crippen LogP contribution in [0.5, 0.6) is 0 Å². The molecule has 0 aromatic heterocycles. The monoisotopic (exact) mass is 268 g/mol. The standard InChI is InChI=1S/C12H13BrO2/c1-2-9(7-8-12(14)15)10-5-3-4-6-11(10)13/h3-7H,2,8H2,1H3,(H,14,15)/b9-7+. The van der Waals surface area contributed by atoms with Gasteiger partial charge in [0.1, 0.15) is 0 Å². The number of hydrogen-bond acceptors (Lipinski definition) is 1. The fraction of sp³-hybridized carbons (Fsp3) is 0.250. The van der Waals surface area contributed by atoms with E-state index in [4.69, 9.17) is 5.11 Å².